The molecule has 0 saturated heterocycles. The van der Waals surface area contributed by atoms with E-state index in [1.54, 1.807) is 36.4 Å². The molecule has 1 unspecified atom stereocenters. The molecule has 1 aromatic carbocycles. The molecule has 6 nitrogen and oxygen atoms in total. The van der Waals surface area contributed by atoms with Crippen LogP contribution in [-0.4, -0.2) is 27.2 Å². The Bertz CT molecular complexity index is 635. The Kier molecular flexibility index (Phi) is 4.37. The summed E-state index contributed by atoms with van der Waals surface area (Å²) in [7, 11) is 0. The number of rotatable bonds is 5. The highest BCUT2D eigenvalue weighted by Crippen LogP contribution is 2.15. The molecule has 0 radical (unpaired) electrons. The number of nitrogens with one attached hydrogen (secondary N) is 2. The fourth-order valence-electron chi connectivity index (χ4n) is 1.89. The minimum atomic E-state index is -1.12. The summed E-state index contributed by atoms with van der Waals surface area (Å²) in [4.78, 5) is 23.4. The maximum Gasteiger partial charge on any atom is 0.330 e. The number of carboxylic acids is 1. The lowest BCUT2D eigenvalue weighted by Crippen LogP contribution is -2.33. The van der Waals surface area contributed by atoms with E-state index in [0.29, 0.717) is 5.56 Å². The van der Waals surface area contributed by atoms with Gasteiger partial charge in [0.15, 0.2) is 6.04 Å². The molecule has 110 valence electrons. The summed E-state index contributed by atoms with van der Waals surface area (Å²) >= 11 is 0. The normalized spacial score (nSPS) is 12.1. The van der Waals surface area contributed by atoms with E-state index < -0.39 is 17.9 Å². The van der Waals surface area contributed by atoms with E-state index in [2.05, 4.69) is 15.5 Å². The lowest BCUT2D eigenvalue weighted by Gasteiger charge is -2.13. The number of aromatic nitrogens is 2. The van der Waals surface area contributed by atoms with E-state index in [4.69, 9.17) is 0 Å². The van der Waals surface area contributed by atoms with Crippen LogP contribution in [0.1, 0.15) is 47.6 Å². The molecule has 3 N–H and O–H groups in total. The van der Waals surface area contributed by atoms with Crippen molar-refractivity contribution in [1.29, 1.82) is 0 Å². The highest BCUT2D eigenvalue weighted by molar-refractivity contribution is 5.95. The van der Waals surface area contributed by atoms with Crippen LogP contribution in [0.2, 0.25) is 0 Å². The zero-order valence-corrected chi connectivity index (χ0v) is 11.8. The van der Waals surface area contributed by atoms with Gasteiger partial charge in [-0.25, -0.2) is 4.79 Å². The summed E-state index contributed by atoms with van der Waals surface area (Å²) in [6.07, 6.45) is 0. The molecule has 0 aliphatic rings. The molecule has 1 amide bonds. The van der Waals surface area contributed by atoms with Gasteiger partial charge in [-0.05, 0) is 17.5 Å². The third kappa shape index (κ3) is 3.47. The van der Waals surface area contributed by atoms with Crippen LogP contribution in [0.3, 0.4) is 0 Å². The molecule has 6 heteroatoms. The second-order valence-corrected chi connectivity index (χ2v) is 5.02. The summed E-state index contributed by atoms with van der Waals surface area (Å²) in [6.45, 7) is 3.94. The Labute approximate surface area is 122 Å². The predicted octanol–water partition coefficient (Wildman–Crippen LogP) is 2.09. The van der Waals surface area contributed by atoms with Gasteiger partial charge in [0, 0.05) is 5.69 Å². The number of H-pyrrole nitrogens is 1. The van der Waals surface area contributed by atoms with Gasteiger partial charge in [0.2, 0.25) is 0 Å². The molecule has 2 aromatic rings. The van der Waals surface area contributed by atoms with Crippen LogP contribution < -0.4 is 5.32 Å². The molecular weight excluding hydrogens is 270 g/mol. The first-order valence-electron chi connectivity index (χ1n) is 6.63. The first-order chi connectivity index (χ1) is 9.99. The second-order valence-electron chi connectivity index (χ2n) is 5.02. The summed E-state index contributed by atoms with van der Waals surface area (Å²) < 4.78 is 0. The maximum atomic E-state index is 12.1. The minimum absolute atomic E-state index is 0.181. The number of carbonyl (C=O) groups excluding carboxylic acids is 1. The van der Waals surface area contributed by atoms with Crippen molar-refractivity contribution in [1.82, 2.24) is 15.5 Å². The summed E-state index contributed by atoms with van der Waals surface area (Å²) in [6, 6.07) is 9.08. The minimum Gasteiger partial charge on any atom is -0.479 e. The molecule has 1 heterocycles. The molecule has 0 aliphatic carbocycles. The van der Waals surface area contributed by atoms with Gasteiger partial charge in [0.1, 0.15) is 5.69 Å². The van der Waals surface area contributed by atoms with Crippen LogP contribution in [0.25, 0.3) is 0 Å². The Morgan fingerprint density at radius 2 is 1.90 bits per heavy atom. The molecule has 1 atom stereocenters. The van der Waals surface area contributed by atoms with Crippen LogP contribution in [0, 0.1) is 0 Å². The summed E-state index contributed by atoms with van der Waals surface area (Å²) in [5.74, 6) is -1.42. The Morgan fingerprint density at radius 3 is 2.43 bits per heavy atom. The van der Waals surface area contributed by atoms with Crippen LogP contribution >= 0.6 is 0 Å². The van der Waals surface area contributed by atoms with Gasteiger partial charge in [-0.3, -0.25) is 9.89 Å². The average Bonchev–Trinajstić information content (AvgIpc) is 2.95. The molecular formula is C15H17N3O3. The second kappa shape index (κ2) is 6.21. The van der Waals surface area contributed by atoms with Crippen molar-refractivity contribution in [2.24, 2.45) is 0 Å². The molecule has 0 spiro atoms. The zero-order valence-electron chi connectivity index (χ0n) is 11.8. The molecule has 21 heavy (non-hydrogen) atoms. The number of amides is 1. The molecule has 2 rings (SSSR count). The van der Waals surface area contributed by atoms with E-state index in [0.717, 1.165) is 5.69 Å². The largest absolute Gasteiger partial charge is 0.479 e. The zero-order chi connectivity index (χ0) is 15.4. The van der Waals surface area contributed by atoms with Crippen LogP contribution in [-0.2, 0) is 4.79 Å². The molecule has 1 aromatic heterocycles. The first kappa shape index (κ1) is 14.8. The Balaban J connectivity index is 2.17. The Hall–Kier alpha value is -2.63. The quantitative estimate of drug-likeness (QED) is 0.784. The monoisotopic (exact) mass is 287 g/mol. The van der Waals surface area contributed by atoms with Gasteiger partial charge in [0.25, 0.3) is 5.91 Å². The fraction of sp³-hybridized carbons (Fsp3) is 0.267. The summed E-state index contributed by atoms with van der Waals surface area (Å²) in [5.41, 5.74) is 1.52. The fourth-order valence-corrected chi connectivity index (χ4v) is 1.89. The third-order valence-corrected chi connectivity index (χ3v) is 3.11. The van der Waals surface area contributed by atoms with Crippen molar-refractivity contribution < 1.29 is 14.7 Å². The number of nitrogens with zero attached hydrogens (tertiary/aromatic N) is 1. The number of aromatic amines is 1. The van der Waals surface area contributed by atoms with Gasteiger partial charge in [-0.2, -0.15) is 5.10 Å². The first-order valence-corrected chi connectivity index (χ1v) is 6.63. The van der Waals surface area contributed by atoms with Crippen LogP contribution in [0.15, 0.2) is 36.4 Å². The van der Waals surface area contributed by atoms with Crippen molar-refractivity contribution >= 4 is 11.9 Å². The molecule has 0 aliphatic heterocycles. The maximum absolute atomic E-state index is 12.1. The van der Waals surface area contributed by atoms with Crippen molar-refractivity contribution in [3.63, 3.8) is 0 Å². The van der Waals surface area contributed by atoms with Gasteiger partial charge in [0.05, 0.1) is 0 Å². The molecule has 0 saturated carbocycles. The number of benzene rings is 1. The van der Waals surface area contributed by atoms with Crippen molar-refractivity contribution in [3.05, 3.63) is 53.3 Å². The van der Waals surface area contributed by atoms with Crippen molar-refractivity contribution in [2.75, 3.05) is 0 Å². The lowest BCUT2D eigenvalue weighted by atomic mass is 10.1. The van der Waals surface area contributed by atoms with E-state index in [9.17, 15) is 14.7 Å². The SMILES string of the molecule is CC(C)c1cc(C(=O)NC(C(=O)O)c2ccccc2)n[nH]1. The van der Waals surface area contributed by atoms with Gasteiger partial charge >= 0.3 is 5.97 Å². The van der Waals surface area contributed by atoms with E-state index in [-0.39, 0.29) is 11.6 Å². The van der Waals surface area contributed by atoms with E-state index in [1.807, 2.05) is 13.8 Å². The van der Waals surface area contributed by atoms with Gasteiger partial charge in [-0.1, -0.05) is 44.2 Å². The van der Waals surface area contributed by atoms with Crippen molar-refractivity contribution in [3.8, 4) is 0 Å². The highest BCUT2D eigenvalue weighted by atomic mass is 16.4. The van der Waals surface area contributed by atoms with E-state index in [1.165, 1.54) is 0 Å². The smallest absolute Gasteiger partial charge is 0.330 e. The van der Waals surface area contributed by atoms with Gasteiger partial charge < -0.3 is 10.4 Å². The standard InChI is InChI=1S/C15H17N3O3/c1-9(2)11-8-12(18-17-11)14(19)16-13(15(20)21)10-6-4-3-5-7-10/h3-9,13H,1-2H3,(H,16,19)(H,17,18)(H,20,21). The number of hydrogen-bond donors (Lipinski definition) is 3. The van der Waals surface area contributed by atoms with E-state index >= 15 is 0 Å². The van der Waals surface area contributed by atoms with Crippen molar-refractivity contribution in [2.45, 2.75) is 25.8 Å². The topological polar surface area (TPSA) is 95.1 Å². The number of carbonyl (C=O) groups is 2. The third-order valence-electron chi connectivity index (χ3n) is 3.11. The predicted molar refractivity (Wildman–Crippen MR) is 77.0 cm³/mol. The van der Waals surface area contributed by atoms with Crippen LogP contribution in [0.4, 0.5) is 0 Å². The molecule has 0 bridgehead atoms. The van der Waals surface area contributed by atoms with Gasteiger partial charge in [-0.15, -0.1) is 0 Å². The molecule has 0 fully saturated rings. The van der Waals surface area contributed by atoms with Crippen LogP contribution in [0.5, 0.6) is 0 Å². The highest BCUT2D eigenvalue weighted by Gasteiger charge is 2.23. The number of hydrogen-bond acceptors (Lipinski definition) is 3. The number of carboxylic acid groups (broad SMARTS) is 1. The summed E-state index contributed by atoms with van der Waals surface area (Å²) in [5, 5.41) is 18.4. The number of aliphatic carboxylic acids is 1. The average molecular weight is 287 g/mol. The lowest BCUT2D eigenvalue weighted by molar-refractivity contribution is -0.139. The Morgan fingerprint density at radius 1 is 1.24 bits per heavy atom.